The van der Waals surface area contributed by atoms with E-state index >= 15 is 0 Å². The Hall–Kier alpha value is -2.79. The van der Waals surface area contributed by atoms with Crippen molar-refractivity contribution >= 4 is 6.09 Å². The molecule has 0 aromatic heterocycles. The first-order chi connectivity index (χ1) is 14.3. The SMILES string of the molecule is CC(C)(C)OC(=O)N1CC2=CC(N)CN2[C@H](C(c2ccccc2)c2ccccc2)C1. The second kappa shape index (κ2) is 8.15. The number of hydrogen-bond donors (Lipinski definition) is 1. The Balaban J connectivity index is 1.73. The van der Waals surface area contributed by atoms with Gasteiger partial charge in [0, 0.05) is 30.7 Å². The fourth-order valence-electron chi connectivity index (χ4n) is 4.52. The molecule has 0 radical (unpaired) electrons. The highest BCUT2D eigenvalue weighted by Crippen LogP contribution is 2.37. The average Bonchev–Trinajstić information content (AvgIpc) is 3.09. The number of nitrogens with two attached hydrogens (primary N) is 1. The van der Waals surface area contributed by atoms with Crippen LogP contribution in [0.25, 0.3) is 0 Å². The molecule has 2 atom stereocenters. The normalized spacial score (nSPS) is 21.4. The maximum atomic E-state index is 13.0. The monoisotopic (exact) mass is 405 g/mol. The minimum absolute atomic E-state index is 0.0201. The van der Waals surface area contributed by atoms with Gasteiger partial charge < -0.3 is 20.3 Å². The molecule has 0 aliphatic carbocycles. The predicted octanol–water partition coefficient (Wildman–Crippen LogP) is 3.96. The van der Waals surface area contributed by atoms with E-state index in [1.165, 1.54) is 11.1 Å². The van der Waals surface area contributed by atoms with E-state index < -0.39 is 5.60 Å². The van der Waals surface area contributed by atoms with Crippen LogP contribution in [0.3, 0.4) is 0 Å². The number of nitrogens with zero attached hydrogens (tertiary/aromatic N) is 2. The molecule has 30 heavy (non-hydrogen) atoms. The van der Waals surface area contributed by atoms with Crippen LogP contribution < -0.4 is 5.73 Å². The summed E-state index contributed by atoms with van der Waals surface area (Å²) >= 11 is 0. The lowest BCUT2D eigenvalue weighted by atomic mass is 9.83. The van der Waals surface area contributed by atoms with Gasteiger partial charge in [0.15, 0.2) is 0 Å². The molecule has 158 valence electrons. The number of rotatable bonds is 3. The molecule has 1 amide bonds. The van der Waals surface area contributed by atoms with Crippen LogP contribution in [0, 0.1) is 0 Å². The van der Waals surface area contributed by atoms with E-state index in [-0.39, 0.29) is 24.1 Å². The van der Waals surface area contributed by atoms with Crippen LogP contribution in [-0.2, 0) is 4.74 Å². The third-order valence-electron chi connectivity index (χ3n) is 5.70. The second-order valence-corrected chi connectivity index (χ2v) is 9.20. The molecule has 2 aromatic carbocycles. The Labute approximate surface area is 179 Å². The first kappa shape index (κ1) is 20.5. The van der Waals surface area contributed by atoms with Gasteiger partial charge in [-0.1, -0.05) is 60.7 Å². The predicted molar refractivity (Wildman–Crippen MR) is 119 cm³/mol. The Morgan fingerprint density at radius 3 is 2.10 bits per heavy atom. The van der Waals surface area contributed by atoms with Crippen molar-refractivity contribution in [2.45, 2.75) is 44.4 Å². The average molecular weight is 406 g/mol. The molecule has 0 saturated carbocycles. The Morgan fingerprint density at radius 2 is 1.57 bits per heavy atom. The van der Waals surface area contributed by atoms with E-state index in [1.54, 1.807) is 0 Å². The summed E-state index contributed by atoms with van der Waals surface area (Å²) in [6, 6.07) is 21.1. The number of hydrogen-bond acceptors (Lipinski definition) is 4. The number of amides is 1. The molecule has 0 spiro atoms. The zero-order chi connectivity index (χ0) is 21.3. The zero-order valence-electron chi connectivity index (χ0n) is 18.0. The van der Waals surface area contributed by atoms with E-state index in [1.807, 2.05) is 37.8 Å². The summed E-state index contributed by atoms with van der Waals surface area (Å²) in [5.74, 6) is 0.117. The highest BCUT2D eigenvalue weighted by Gasteiger charge is 2.41. The van der Waals surface area contributed by atoms with Crippen LogP contribution in [0.4, 0.5) is 4.79 Å². The Bertz CT molecular complexity index is 865. The highest BCUT2D eigenvalue weighted by molar-refractivity contribution is 5.69. The molecular formula is C25H31N3O2. The zero-order valence-corrected chi connectivity index (χ0v) is 18.0. The van der Waals surface area contributed by atoms with Crippen LogP contribution in [-0.4, -0.2) is 53.2 Å². The number of carbonyl (C=O) groups excluding carboxylic acids is 1. The van der Waals surface area contributed by atoms with Crippen molar-refractivity contribution in [1.29, 1.82) is 0 Å². The third-order valence-corrected chi connectivity index (χ3v) is 5.70. The van der Waals surface area contributed by atoms with Gasteiger partial charge in [-0.05, 0) is 38.0 Å². The van der Waals surface area contributed by atoms with Crippen molar-refractivity contribution in [1.82, 2.24) is 9.80 Å². The number of fused-ring (bicyclic) bond motifs is 1. The Morgan fingerprint density at radius 1 is 1.00 bits per heavy atom. The van der Waals surface area contributed by atoms with Gasteiger partial charge in [0.25, 0.3) is 0 Å². The molecule has 2 aliphatic heterocycles. The standard InChI is InChI=1S/C25H31N3O2/c1-25(2,3)30-24(29)27-16-21-14-20(26)15-28(21)22(17-27)23(18-10-6-4-7-11-18)19-12-8-5-9-13-19/h4-14,20,22-23H,15-17,26H2,1-3H3/t20?,22-/m0/s1. The minimum Gasteiger partial charge on any atom is -0.444 e. The van der Waals surface area contributed by atoms with Crippen molar-refractivity contribution in [3.63, 3.8) is 0 Å². The molecule has 2 aromatic rings. The maximum Gasteiger partial charge on any atom is 0.410 e. The number of benzene rings is 2. The summed E-state index contributed by atoms with van der Waals surface area (Å²) in [5, 5.41) is 0. The molecule has 0 bridgehead atoms. The summed E-state index contributed by atoms with van der Waals surface area (Å²) in [5.41, 5.74) is 9.36. The topological polar surface area (TPSA) is 58.8 Å². The van der Waals surface area contributed by atoms with Crippen molar-refractivity contribution < 1.29 is 9.53 Å². The van der Waals surface area contributed by atoms with Crippen LogP contribution in [0.2, 0.25) is 0 Å². The quantitative estimate of drug-likeness (QED) is 0.840. The van der Waals surface area contributed by atoms with Crippen LogP contribution in [0.15, 0.2) is 72.4 Å². The van der Waals surface area contributed by atoms with Gasteiger partial charge in [-0.3, -0.25) is 0 Å². The lowest BCUT2D eigenvalue weighted by Gasteiger charge is -2.46. The van der Waals surface area contributed by atoms with Gasteiger partial charge in [0.05, 0.1) is 12.6 Å². The van der Waals surface area contributed by atoms with Crippen molar-refractivity contribution in [2.75, 3.05) is 19.6 Å². The fraction of sp³-hybridized carbons (Fsp3) is 0.400. The molecule has 2 heterocycles. The van der Waals surface area contributed by atoms with E-state index in [0.29, 0.717) is 13.1 Å². The van der Waals surface area contributed by atoms with Crippen LogP contribution in [0.5, 0.6) is 0 Å². The summed E-state index contributed by atoms with van der Waals surface area (Å²) in [6.07, 6.45) is 1.82. The molecule has 5 nitrogen and oxygen atoms in total. The van der Waals surface area contributed by atoms with Crippen molar-refractivity contribution in [3.05, 3.63) is 83.6 Å². The lowest BCUT2D eigenvalue weighted by molar-refractivity contribution is 0.0126. The van der Waals surface area contributed by atoms with Crippen molar-refractivity contribution in [2.24, 2.45) is 5.73 Å². The van der Waals surface area contributed by atoms with Gasteiger partial charge in [0.1, 0.15) is 5.60 Å². The van der Waals surface area contributed by atoms with E-state index in [2.05, 4.69) is 59.5 Å². The number of ether oxygens (including phenoxy) is 1. The molecule has 1 saturated heterocycles. The molecule has 2 N–H and O–H groups in total. The number of piperazine rings is 1. The van der Waals surface area contributed by atoms with Gasteiger partial charge in [-0.15, -0.1) is 0 Å². The fourth-order valence-corrected chi connectivity index (χ4v) is 4.52. The van der Waals surface area contributed by atoms with Crippen LogP contribution >= 0.6 is 0 Å². The van der Waals surface area contributed by atoms with E-state index in [4.69, 9.17) is 10.5 Å². The van der Waals surface area contributed by atoms with Crippen LogP contribution in [0.1, 0.15) is 37.8 Å². The maximum absolute atomic E-state index is 13.0. The van der Waals surface area contributed by atoms with Crippen molar-refractivity contribution in [3.8, 4) is 0 Å². The minimum atomic E-state index is -0.525. The summed E-state index contributed by atoms with van der Waals surface area (Å²) in [4.78, 5) is 17.2. The molecular weight excluding hydrogens is 374 g/mol. The first-order valence-corrected chi connectivity index (χ1v) is 10.6. The summed E-state index contributed by atoms with van der Waals surface area (Å²) in [7, 11) is 0. The largest absolute Gasteiger partial charge is 0.444 e. The third kappa shape index (κ3) is 4.36. The lowest BCUT2D eigenvalue weighted by Crippen LogP contribution is -2.55. The molecule has 1 unspecified atom stereocenters. The number of carbonyl (C=O) groups is 1. The van der Waals surface area contributed by atoms with Gasteiger partial charge in [-0.2, -0.15) is 0 Å². The highest BCUT2D eigenvalue weighted by atomic mass is 16.6. The Kier molecular flexibility index (Phi) is 5.56. The molecule has 4 rings (SSSR count). The van der Waals surface area contributed by atoms with Gasteiger partial charge in [-0.25, -0.2) is 4.79 Å². The summed E-state index contributed by atoms with van der Waals surface area (Å²) in [6.45, 7) is 7.61. The molecule has 2 aliphatic rings. The molecule has 5 heteroatoms. The van der Waals surface area contributed by atoms with Gasteiger partial charge in [0.2, 0.25) is 0 Å². The second-order valence-electron chi connectivity index (χ2n) is 9.20. The smallest absolute Gasteiger partial charge is 0.410 e. The first-order valence-electron chi connectivity index (χ1n) is 10.6. The van der Waals surface area contributed by atoms with E-state index in [9.17, 15) is 4.79 Å². The molecule has 1 fully saturated rings. The van der Waals surface area contributed by atoms with Gasteiger partial charge >= 0.3 is 6.09 Å². The summed E-state index contributed by atoms with van der Waals surface area (Å²) < 4.78 is 5.70. The van der Waals surface area contributed by atoms with E-state index in [0.717, 1.165) is 12.2 Å².